The fourth-order valence-corrected chi connectivity index (χ4v) is 6.05. The van der Waals surface area contributed by atoms with Crippen molar-refractivity contribution in [2.24, 2.45) is 16.5 Å². The third-order valence-electron chi connectivity index (χ3n) is 7.19. The van der Waals surface area contributed by atoms with Gasteiger partial charge in [0.05, 0.1) is 28.9 Å². The third kappa shape index (κ3) is 7.66. The first-order chi connectivity index (χ1) is 19.8. The summed E-state index contributed by atoms with van der Waals surface area (Å²) in [4.78, 5) is 50.8. The second-order valence-corrected chi connectivity index (χ2v) is 11.1. The van der Waals surface area contributed by atoms with E-state index < -0.39 is 18.1 Å². The molecule has 0 aliphatic carbocycles. The van der Waals surface area contributed by atoms with E-state index in [0.717, 1.165) is 15.8 Å². The minimum atomic E-state index is -0.864. The molecule has 11 nitrogen and oxygen atoms in total. The number of benzene rings is 2. The van der Waals surface area contributed by atoms with Gasteiger partial charge < -0.3 is 32.1 Å². The van der Waals surface area contributed by atoms with Crippen molar-refractivity contribution in [3.05, 3.63) is 64.7 Å². The maximum Gasteiger partial charge on any atom is 0.243 e. The summed E-state index contributed by atoms with van der Waals surface area (Å²) in [6, 6.07) is 13.0. The zero-order valence-corrected chi connectivity index (χ0v) is 23.9. The molecule has 1 aromatic heterocycles. The lowest BCUT2D eigenvalue weighted by atomic mass is 10.0. The molecule has 0 unspecified atom stereocenters. The van der Waals surface area contributed by atoms with Crippen molar-refractivity contribution in [1.82, 2.24) is 20.5 Å². The lowest BCUT2D eigenvalue weighted by Crippen LogP contribution is -2.54. The van der Waals surface area contributed by atoms with E-state index in [0.29, 0.717) is 50.7 Å². The zero-order valence-electron chi connectivity index (χ0n) is 23.1. The van der Waals surface area contributed by atoms with E-state index in [1.807, 2.05) is 30.3 Å². The molecule has 2 amide bonds. The monoisotopic (exact) mass is 579 g/mol. The van der Waals surface area contributed by atoms with E-state index in [1.165, 1.54) is 11.3 Å². The van der Waals surface area contributed by atoms with Gasteiger partial charge in [-0.2, -0.15) is 0 Å². The Bertz CT molecular complexity index is 1390. The zero-order chi connectivity index (χ0) is 29.4. The highest BCUT2D eigenvalue weighted by molar-refractivity contribution is 7.20. The summed E-state index contributed by atoms with van der Waals surface area (Å²) in [5.74, 6) is -0.870. The second-order valence-electron chi connectivity index (χ2n) is 10.1. The summed E-state index contributed by atoms with van der Waals surface area (Å²) in [6.45, 7) is 0.661. The minimum Gasteiger partial charge on any atom is -0.392 e. The van der Waals surface area contributed by atoms with Crippen molar-refractivity contribution in [2.75, 3.05) is 20.1 Å². The Hall–Kier alpha value is -3.87. The third-order valence-corrected chi connectivity index (χ3v) is 8.22. The molecule has 0 spiro atoms. The molecule has 1 aliphatic heterocycles. The molecular weight excluding hydrogens is 542 g/mol. The Morgan fingerprint density at radius 1 is 1.15 bits per heavy atom. The number of carbonyl (C=O) groups is 3. The number of ketones is 1. The van der Waals surface area contributed by atoms with Crippen molar-refractivity contribution < 1.29 is 19.5 Å². The van der Waals surface area contributed by atoms with E-state index in [9.17, 15) is 19.5 Å². The van der Waals surface area contributed by atoms with E-state index in [-0.39, 0.29) is 35.2 Å². The van der Waals surface area contributed by atoms with Crippen LogP contribution >= 0.6 is 11.3 Å². The highest BCUT2D eigenvalue weighted by Crippen LogP contribution is 2.26. The van der Waals surface area contributed by atoms with Gasteiger partial charge in [-0.3, -0.25) is 19.4 Å². The topological polar surface area (TPSA) is 176 Å². The van der Waals surface area contributed by atoms with Gasteiger partial charge in [-0.15, -0.1) is 11.3 Å². The van der Waals surface area contributed by atoms with Gasteiger partial charge in [0.2, 0.25) is 17.6 Å². The van der Waals surface area contributed by atoms with Gasteiger partial charge in [-0.1, -0.05) is 36.4 Å². The first-order valence-corrected chi connectivity index (χ1v) is 14.5. The van der Waals surface area contributed by atoms with Crippen LogP contribution in [0.5, 0.6) is 0 Å². The fraction of sp³-hybridized carbons (Fsp3) is 0.414. The number of likely N-dealkylation sites (N-methyl/N-ethyl adjacent to an activating group) is 1. The van der Waals surface area contributed by atoms with E-state index in [1.54, 1.807) is 30.1 Å². The molecule has 0 saturated carbocycles. The van der Waals surface area contributed by atoms with Crippen LogP contribution in [0.15, 0.2) is 53.5 Å². The first-order valence-electron chi connectivity index (χ1n) is 13.7. The largest absolute Gasteiger partial charge is 0.392 e. The number of likely N-dealkylation sites (tertiary alicyclic amines) is 1. The molecule has 0 radical (unpaired) electrons. The van der Waals surface area contributed by atoms with Gasteiger partial charge in [-0.25, -0.2) is 4.98 Å². The van der Waals surface area contributed by atoms with Crippen LogP contribution in [-0.4, -0.2) is 76.8 Å². The van der Waals surface area contributed by atoms with E-state index in [4.69, 9.17) is 11.5 Å². The number of guanidine groups is 1. The number of aliphatic hydroxyl groups is 1. The molecule has 4 rings (SSSR count). The number of rotatable bonds is 13. The Labute approximate surface area is 243 Å². The van der Waals surface area contributed by atoms with E-state index >= 15 is 0 Å². The van der Waals surface area contributed by atoms with Gasteiger partial charge in [0.1, 0.15) is 6.04 Å². The average molecular weight is 580 g/mol. The quantitative estimate of drug-likeness (QED) is 0.0872. The maximum atomic E-state index is 13.6. The standard InChI is InChI=1S/C29H37N7O4S/c1-32-22(15-18-7-3-2-4-8-18)28(40)36-14-6-10-23(36)26(39)34-21(9-5-13-33-29(30)31)25(38)27-35-20-12-11-19(17-37)16-24(20)41-27/h2-4,7-8,11-12,16,21-23,32,37H,5-6,9-10,13-15,17H2,1H3,(H,34,39)(H4,30,31,33)/t21-,22+,23-/m0/s1. The number of nitrogens with zero attached hydrogens (tertiary/aromatic N) is 3. The van der Waals surface area contributed by atoms with Crippen LogP contribution in [0.4, 0.5) is 0 Å². The van der Waals surface area contributed by atoms with Crippen LogP contribution in [0.1, 0.15) is 46.6 Å². The van der Waals surface area contributed by atoms with Crippen molar-refractivity contribution in [3.63, 3.8) is 0 Å². The van der Waals surface area contributed by atoms with Crippen molar-refractivity contribution >= 4 is 45.1 Å². The number of Topliss-reactive ketones (excluding diaryl/α,β-unsaturated/α-hetero) is 1. The molecular formula is C29H37N7O4S. The summed E-state index contributed by atoms with van der Waals surface area (Å²) < 4.78 is 0.773. The Morgan fingerprint density at radius 2 is 1.93 bits per heavy atom. The lowest BCUT2D eigenvalue weighted by Gasteiger charge is -2.29. The van der Waals surface area contributed by atoms with E-state index in [2.05, 4.69) is 20.6 Å². The fourth-order valence-electron chi connectivity index (χ4n) is 5.03. The molecule has 218 valence electrons. The van der Waals surface area contributed by atoms with Crippen LogP contribution < -0.4 is 22.1 Å². The predicted molar refractivity (Wildman–Crippen MR) is 159 cm³/mol. The SMILES string of the molecule is CN[C@H](Cc1ccccc1)C(=O)N1CCC[C@H]1C(=O)N[C@@H](CCCN=C(N)N)C(=O)c1nc2ccc(CO)cc2s1. The number of nitrogens with two attached hydrogens (primary N) is 2. The molecule has 2 heterocycles. The van der Waals surface area contributed by atoms with Crippen LogP contribution in [0.25, 0.3) is 10.2 Å². The number of nitrogens with one attached hydrogen (secondary N) is 2. The van der Waals surface area contributed by atoms with Crippen LogP contribution in [0, 0.1) is 0 Å². The summed E-state index contributed by atoms with van der Waals surface area (Å²) >= 11 is 1.22. The minimum absolute atomic E-state index is 0.0440. The van der Waals surface area contributed by atoms with Crippen LogP contribution in [0.3, 0.4) is 0 Å². The highest BCUT2D eigenvalue weighted by atomic mass is 32.1. The highest BCUT2D eigenvalue weighted by Gasteiger charge is 2.38. The second kappa shape index (κ2) is 14.2. The Balaban J connectivity index is 1.50. The van der Waals surface area contributed by atoms with Gasteiger partial charge in [0.25, 0.3) is 0 Å². The molecule has 1 saturated heterocycles. The Morgan fingerprint density at radius 3 is 2.63 bits per heavy atom. The summed E-state index contributed by atoms with van der Waals surface area (Å²) in [7, 11) is 1.74. The van der Waals surface area contributed by atoms with Crippen molar-refractivity contribution in [2.45, 2.75) is 56.8 Å². The summed E-state index contributed by atoms with van der Waals surface area (Å²) in [6.07, 6.45) is 2.47. The molecule has 3 atom stereocenters. The van der Waals surface area contributed by atoms with Gasteiger partial charge in [0.15, 0.2) is 11.0 Å². The molecule has 3 aromatic rings. The molecule has 41 heavy (non-hydrogen) atoms. The Kier molecular flexibility index (Phi) is 10.4. The number of thiazole rings is 1. The number of hydrogen-bond donors (Lipinski definition) is 5. The number of fused-ring (bicyclic) bond motifs is 1. The molecule has 2 aromatic carbocycles. The van der Waals surface area contributed by atoms with Gasteiger partial charge in [-0.05, 0) is 62.4 Å². The number of hydrogen-bond acceptors (Lipinski definition) is 8. The molecule has 1 aliphatic rings. The number of carbonyl (C=O) groups excluding carboxylic acids is 3. The number of amides is 2. The van der Waals surface area contributed by atoms with Crippen molar-refractivity contribution in [3.8, 4) is 0 Å². The molecule has 12 heteroatoms. The van der Waals surface area contributed by atoms with Crippen LogP contribution in [-0.2, 0) is 22.6 Å². The number of aliphatic imine (C=N–C) groups is 1. The van der Waals surface area contributed by atoms with Crippen molar-refractivity contribution in [1.29, 1.82) is 0 Å². The van der Waals surface area contributed by atoms with Gasteiger partial charge in [0, 0.05) is 13.1 Å². The molecule has 7 N–H and O–H groups in total. The summed E-state index contributed by atoms with van der Waals surface area (Å²) in [5, 5.41) is 15.7. The molecule has 0 bridgehead atoms. The molecule has 1 fully saturated rings. The number of aliphatic hydroxyl groups excluding tert-OH is 1. The predicted octanol–water partition coefficient (Wildman–Crippen LogP) is 1.33. The number of aromatic nitrogens is 1. The first kappa shape index (κ1) is 30.1. The summed E-state index contributed by atoms with van der Waals surface area (Å²) in [5.41, 5.74) is 13.3. The van der Waals surface area contributed by atoms with Crippen LogP contribution in [0.2, 0.25) is 0 Å². The lowest BCUT2D eigenvalue weighted by molar-refractivity contribution is -0.140. The normalized spacial score (nSPS) is 16.3. The maximum absolute atomic E-state index is 13.6. The smallest absolute Gasteiger partial charge is 0.243 e. The van der Waals surface area contributed by atoms with Gasteiger partial charge >= 0.3 is 0 Å². The average Bonchev–Trinajstić information content (AvgIpc) is 3.64.